The maximum absolute atomic E-state index is 12.3. The molecule has 0 bridgehead atoms. The molecule has 1 aliphatic carbocycles. The van der Waals surface area contributed by atoms with Crippen LogP contribution in [-0.2, 0) is 4.79 Å². The average Bonchev–Trinajstić information content (AvgIpc) is 2.22. The van der Waals surface area contributed by atoms with E-state index in [0.29, 0.717) is 5.82 Å². The smallest absolute Gasteiger partial charge is 0.355 e. The summed E-state index contributed by atoms with van der Waals surface area (Å²) in [7, 11) is 0. The van der Waals surface area contributed by atoms with Crippen molar-refractivity contribution in [2.45, 2.75) is 32.2 Å². The lowest BCUT2D eigenvalue weighted by molar-refractivity contribution is -0.122. The first-order valence-corrected chi connectivity index (χ1v) is 6.70. The highest BCUT2D eigenvalue weighted by Gasteiger charge is 2.51. The minimum Gasteiger partial charge on any atom is -0.368 e. The van der Waals surface area contributed by atoms with Gasteiger partial charge in [-0.3, -0.25) is 0 Å². The van der Waals surface area contributed by atoms with Gasteiger partial charge in [0.25, 0.3) is 5.82 Å². The highest BCUT2D eigenvalue weighted by atomic mass is 79.9. The third kappa shape index (κ3) is 1.45. The van der Waals surface area contributed by atoms with Crippen molar-refractivity contribution in [3.05, 3.63) is 17.3 Å². The largest absolute Gasteiger partial charge is 0.368 e. The van der Waals surface area contributed by atoms with E-state index >= 15 is 0 Å². The molecule has 3 rings (SSSR count). The van der Waals surface area contributed by atoms with Crippen LogP contribution in [0.15, 0.2) is 6.08 Å². The van der Waals surface area contributed by atoms with Gasteiger partial charge in [0, 0.05) is 18.9 Å². The van der Waals surface area contributed by atoms with Gasteiger partial charge in [0.05, 0.1) is 11.3 Å². The number of hydrogen-bond acceptors (Lipinski definition) is 4. The fraction of sp³-hybridized carbons (Fsp3) is 0.417. The van der Waals surface area contributed by atoms with E-state index in [2.05, 4.69) is 26.1 Å². The number of carbonyl (C=O) groups is 1. The molecule has 1 fully saturated rings. The van der Waals surface area contributed by atoms with Crippen molar-refractivity contribution >= 4 is 39.9 Å². The van der Waals surface area contributed by atoms with Crippen LogP contribution in [0.25, 0.3) is 6.08 Å². The lowest BCUT2D eigenvalue weighted by Crippen LogP contribution is -2.56. The minimum atomic E-state index is 0.00435. The Morgan fingerprint density at radius 2 is 2.11 bits per heavy atom. The van der Waals surface area contributed by atoms with Crippen molar-refractivity contribution in [3.8, 4) is 0 Å². The standard InChI is InChI=1S/C12H13BrN4O/c1-7-9-5-6-10(18)17(13,8-3-2-4-8)11(9)16-12(14)15-7/h5-6,8H,2-4H2,1H3,(H-,14,15,16,18)/p+1. The molecule has 1 aromatic rings. The summed E-state index contributed by atoms with van der Waals surface area (Å²) in [5, 5.41) is 0. The SMILES string of the molecule is Cc1nc(N)nc2c1C=CC(=O)[N+]2(Br)C1CCC1. The third-order valence-corrected chi connectivity index (χ3v) is 5.00. The van der Waals surface area contributed by atoms with Crippen LogP contribution in [0.5, 0.6) is 0 Å². The van der Waals surface area contributed by atoms with Crippen LogP contribution in [0.2, 0.25) is 0 Å². The molecule has 1 amide bonds. The number of nitrogen functional groups attached to an aromatic ring is 1. The van der Waals surface area contributed by atoms with Crippen LogP contribution < -0.4 is 9.24 Å². The molecule has 2 heterocycles. The molecule has 0 radical (unpaired) electrons. The Balaban J connectivity index is 2.23. The zero-order valence-corrected chi connectivity index (χ0v) is 11.6. The first-order chi connectivity index (χ1) is 8.53. The lowest BCUT2D eigenvalue weighted by Gasteiger charge is -2.40. The molecular weight excluding hydrogens is 296 g/mol. The normalized spacial score (nSPS) is 26.9. The molecule has 1 unspecified atom stereocenters. The zero-order valence-electron chi connectivity index (χ0n) is 10.1. The Morgan fingerprint density at radius 1 is 1.39 bits per heavy atom. The molecule has 0 saturated heterocycles. The van der Waals surface area contributed by atoms with E-state index in [9.17, 15) is 4.79 Å². The molecule has 1 aromatic heterocycles. The van der Waals surface area contributed by atoms with Gasteiger partial charge in [-0.15, -0.1) is 3.51 Å². The number of nitrogens with two attached hydrogens (primary N) is 1. The molecule has 94 valence electrons. The van der Waals surface area contributed by atoms with Crippen molar-refractivity contribution in [3.63, 3.8) is 0 Å². The van der Waals surface area contributed by atoms with Gasteiger partial charge in [-0.2, -0.15) is 4.98 Å². The first-order valence-electron chi connectivity index (χ1n) is 5.99. The van der Waals surface area contributed by atoms with Gasteiger partial charge in [-0.1, -0.05) is 0 Å². The molecule has 18 heavy (non-hydrogen) atoms. The summed E-state index contributed by atoms with van der Waals surface area (Å²) >= 11 is 3.60. The van der Waals surface area contributed by atoms with Crippen molar-refractivity contribution in [2.24, 2.45) is 0 Å². The number of nitrogens with zero attached hydrogens (tertiary/aromatic N) is 3. The lowest BCUT2D eigenvalue weighted by atomic mass is 9.90. The Morgan fingerprint density at radius 3 is 2.72 bits per heavy atom. The van der Waals surface area contributed by atoms with E-state index in [-0.39, 0.29) is 21.4 Å². The maximum atomic E-state index is 12.3. The second kappa shape index (κ2) is 3.86. The Hall–Kier alpha value is -1.27. The van der Waals surface area contributed by atoms with Gasteiger partial charge in [0.1, 0.15) is 6.04 Å². The number of quaternary nitrogens is 1. The predicted octanol–water partition coefficient (Wildman–Crippen LogP) is 2.09. The number of carbonyl (C=O) groups excluding carboxylic acids is 1. The van der Waals surface area contributed by atoms with Gasteiger partial charge in [-0.25, -0.2) is 9.78 Å². The predicted molar refractivity (Wildman–Crippen MR) is 73.6 cm³/mol. The monoisotopic (exact) mass is 309 g/mol. The van der Waals surface area contributed by atoms with Gasteiger partial charge in [-0.05, 0) is 19.4 Å². The minimum absolute atomic E-state index is 0.00435. The fourth-order valence-corrected chi connectivity index (χ4v) is 3.29. The second-order valence-electron chi connectivity index (χ2n) is 4.80. The number of halogens is 1. The molecule has 1 atom stereocenters. The Bertz CT molecular complexity index is 567. The van der Waals surface area contributed by atoms with E-state index in [1.54, 1.807) is 12.2 Å². The van der Waals surface area contributed by atoms with Crippen molar-refractivity contribution < 1.29 is 4.79 Å². The summed E-state index contributed by atoms with van der Waals surface area (Å²) in [5.41, 5.74) is 7.42. The van der Waals surface area contributed by atoms with Crippen molar-refractivity contribution in [1.82, 2.24) is 13.5 Å². The van der Waals surface area contributed by atoms with Gasteiger partial charge < -0.3 is 5.73 Å². The number of fused-ring (bicyclic) bond motifs is 1. The Labute approximate surface area is 114 Å². The highest BCUT2D eigenvalue weighted by Crippen LogP contribution is 2.44. The van der Waals surface area contributed by atoms with Crippen LogP contribution in [0.1, 0.15) is 30.5 Å². The van der Waals surface area contributed by atoms with E-state index in [1.807, 2.05) is 6.92 Å². The highest BCUT2D eigenvalue weighted by molar-refractivity contribution is 9.09. The molecular formula is C12H14BrN4O+. The summed E-state index contributed by atoms with van der Waals surface area (Å²) in [6, 6.07) is 0.245. The van der Waals surface area contributed by atoms with E-state index < -0.39 is 0 Å². The second-order valence-corrected chi connectivity index (χ2v) is 5.92. The number of anilines is 1. The number of amides is 1. The summed E-state index contributed by atoms with van der Waals surface area (Å²) < 4.78 is 0.0619. The molecule has 5 nitrogen and oxygen atoms in total. The average molecular weight is 310 g/mol. The molecule has 2 N–H and O–H groups in total. The van der Waals surface area contributed by atoms with Crippen LogP contribution in [-0.4, -0.2) is 21.9 Å². The number of aryl methyl sites for hydroxylation is 1. The van der Waals surface area contributed by atoms with E-state index in [4.69, 9.17) is 5.73 Å². The molecule has 2 aliphatic rings. The number of hydrogen-bond donors (Lipinski definition) is 1. The number of aromatic nitrogens is 2. The Kier molecular flexibility index (Phi) is 2.53. The molecule has 1 aliphatic heterocycles. The quantitative estimate of drug-likeness (QED) is 0.807. The number of rotatable bonds is 1. The van der Waals surface area contributed by atoms with Crippen LogP contribution >= 0.6 is 16.1 Å². The van der Waals surface area contributed by atoms with Crippen molar-refractivity contribution in [1.29, 1.82) is 0 Å². The van der Waals surface area contributed by atoms with Gasteiger partial charge >= 0.3 is 5.91 Å². The third-order valence-electron chi connectivity index (χ3n) is 3.73. The van der Waals surface area contributed by atoms with Gasteiger partial charge in [0.2, 0.25) is 22.1 Å². The summed E-state index contributed by atoms with van der Waals surface area (Å²) in [4.78, 5) is 20.7. The fourth-order valence-electron chi connectivity index (χ4n) is 2.49. The summed E-state index contributed by atoms with van der Waals surface area (Å²) in [6.07, 6.45) is 6.58. The molecule has 0 aromatic carbocycles. The zero-order chi connectivity index (χ0) is 12.9. The topological polar surface area (TPSA) is 68.9 Å². The first kappa shape index (κ1) is 11.8. The van der Waals surface area contributed by atoms with Crippen LogP contribution in [0.4, 0.5) is 11.8 Å². The van der Waals surface area contributed by atoms with Crippen LogP contribution in [0.3, 0.4) is 0 Å². The maximum Gasteiger partial charge on any atom is 0.355 e. The van der Waals surface area contributed by atoms with Crippen molar-refractivity contribution in [2.75, 3.05) is 5.73 Å². The van der Waals surface area contributed by atoms with Crippen LogP contribution in [0, 0.1) is 6.92 Å². The molecule has 0 spiro atoms. The molecule has 1 saturated carbocycles. The van der Waals surface area contributed by atoms with Gasteiger partial charge in [0.15, 0.2) is 0 Å². The molecule has 6 heteroatoms. The summed E-state index contributed by atoms with van der Waals surface area (Å²) in [5.74, 6) is 0.900. The van der Waals surface area contributed by atoms with E-state index in [1.165, 1.54) is 0 Å². The van der Waals surface area contributed by atoms with E-state index in [0.717, 1.165) is 30.5 Å². The summed E-state index contributed by atoms with van der Waals surface area (Å²) in [6.45, 7) is 1.88.